The Morgan fingerprint density at radius 3 is 2.35 bits per heavy atom. The van der Waals surface area contributed by atoms with E-state index in [1.807, 2.05) is 0 Å². The minimum Gasteiger partial charge on any atom is -0.480 e. The summed E-state index contributed by atoms with van der Waals surface area (Å²) in [5, 5.41) is 9.16. The first-order chi connectivity index (χ1) is 9.34. The average Bonchev–Trinajstić information content (AvgIpc) is 2.82. The molecule has 114 valence electrons. The van der Waals surface area contributed by atoms with E-state index < -0.39 is 27.9 Å². The Kier molecular flexibility index (Phi) is 4.19. The number of aliphatic carboxylic acids is 1. The van der Waals surface area contributed by atoms with Crippen molar-refractivity contribution in [1.29, 1.82) is 0 Å². The molecule has 2 fully saturated rings. The standard InChI is InChI=1S/C11H18N2O6S/c1-19-8-6-9(10(14)15)13(7-8)11(16)12-2-4-20(17,18)5-3-12/h8-9H,2-7H2,1H3,(H,14,15). The molecule has 0 aromatic rings. The number of ether oxygens (including phenoxy) is 1. The predicted molar refractivity (Wildman–Crippen MR) is 69.2 cm³/mol. The number of carboxylic acids is 1. The van der Waals surface area contributed by atoms with Gasteiger partial charge in [-0.1, -0.05) is 0 Å². The van der Waals surface area contributed by atoms with Gasteiger partial charge in [-0.25, -0.2) is 18.0 Å². The van der Waals surface area contributed by atoms with Crippen molar-refractivity contribution >= 4 is 21.8 Å². The highest BCUT2D eigenvalue weighted by Gasteiger charge is 2.42. The highest BCUT2D eigenvalue weighted by atomic mass is 32.2. The molecule has 2 unspecified atom stereocenters. The molecule has 9 heteroatoms. The highest BCUT2D eigenvalue weighted by Crippen LogP contribution is 2.22. The summed E-state index contributed by atoms with van der Waals surface area (Å²) in [5.74, 6) is -1.21. The van der Waals surface area contributed by atoms with Gasteiger partial charge in [0.1, 0.15) is 6.04 Å². The number of nitrogens with zero attached hydrogens (tertiary/aromatic N) is 2. The molecule has 2 heterocycles. The number of amides is 2. The molecule has 2 atom stereocenters. The van der Waals surface area contributed by atoms with E-state index in [-0.39, 0.29) is 43.7 Å². The SMILES string of the molecule is COC1CC(C(=O)O)N(C(=O)N2CCS(=O)(=O)CC2)C1. The molecule has 2 aliphatic rings. The van der Waals surface area contributed by atoms with Crippen molar-refractivity contribution < 1.29 is 27.9 Å². The molecule has 0 bridgehead atoms. The summed E-state index contributed by atoms with van der Waals surface area (Å²) in [6.07, 6.45) is -0.0439. The molecular formula is C11H18N2O6S. The molecule has 2 rings (SSSR count). The fraction of sp³-hybridized carbons (Fsp3) is 0.818. The lowest BCUT2D eigenvalue weighted by atomic mass is 10.2. The molecular weight excluding hydrogens is 288 g/mol. The number of hydrogen-bond donors (Lipinski definition) is 1. The van der Waals surface area contributed by atoms with Crippen molar-refractivity contribution in [3.63, 3.8) is 0 Å². The number of likely N-dealkylation sites (tertiary alicyclic amines) is 1. The first kappa shape index (κ1) is 15.0. The van der Waals surface area contributed by atoms with Crippen LogP contribution in [-0.4, -0.2) is 85.7 Å². The Morgan fingerprint density at radius 2 is 1.85 bits per heavy atom. The van der Waals surface area contributed by atoms with Gasteiger partial charge in [0.25, 0.3) is 0 Å². The van der Waals surface area contributed by atoms with Crippen LogP contribution < -0.4 is 0 Å². The molecule has 2 saturated heterocycles. The lowest BCUT2D eigenvalue weighted by Crippen LogP contribution is -2.52. The minimum absolute atomic E-state index is 0.0714. The normalized spacial score (nSPS) is 29.4. The third kappa shape index (κ3) is 3.04. The monoisotopic (exact) mass is 306 g/mol. The van der Waals surface area contributed by atoms with E-state index >= 15 is 0 Å². The molecule has 0 aromatic carbocycles. The third-order valence-electron chi connectivity index (χ3n) is 3.74. The van der Waals surface area contributed by atoms with E-state index in [1.165, 1.54) is 16.9 Å². The molecule has 20 heavy (non-hydrogen) atoms. The Morgan fingerprint density at radius 1 is 1.25 bits per heavy atom. The van der Waals surface area contributed by atoms with Gasteiger partial charge in [-0.05, 0) is 0 Å². The van der Waals surface area contributed by atoms with E-state index in [2.05, 4.69) is 0 Å². The van der Waals surface area contributed by atoms with Gasteiger partial charge < -0.3 is 19.6 Å². The van der Waals surface area contributed by atoms with Gasteiger partial charge >= 0.3 is 12.0 Å². The van der Waals surface area contributed by atoms with Gasteiger partial charge in [0.15, 0.2) is 9.84 Å². The quantitative estimate of drug-likeness (QED) is 0.702. The van der Waals surface area contributed by atoms with E-state index in [9.17, 15) is 18.0 Å². The fourth-order valence-corrected chi connectivity index (χ4v) is 3.70. The zero-order valence-electron chi connectivity index (χ0n) is 11.2. The van der Waals surface area contributed by atoms with E-state index in [0.717, 1.165) is 0 Å². The second kappa shape index (κ2) is 5.57. The summed E-state index contributed by atoms with van der Waals surface area (Å²) in [6.45, 7) is 0.443. The predicted octanol–water partition coefficient (Wildman–Crippen LogP) is -0.989. The summed E-state index contributed by atoms with van der Waals surface area (Å²) >= 11 is 0. The summed E-state index contributed by atoms with van der Waals surface area (Å²) in [6, 6.07) is -1.34. The van der Waals surface area contributed by atoms with Gasteiger partial charge in [-0.3, -0.25) is 0 Å². The number of urea groups is 1. The molecule has 0 aliphatic carbocycles. The van der Waals surface area contributed by atoms with Crippen molar-refractivity contribution in [3.8, 4) is 0 Å². The summed E-state index contributed by atoms with van der Waals surface area (Å²) < 4.78 is 27.8. The van der Waals surface area contributed by atoms with Gasteiger partial charge in [0, 0.05) is 33.2 Å². The summed E-state index contributed by atoms with van der Waals surface area (Å²) in [7, 11) is -1.59. The number of carbonyl (C=O) groups is 2. The van der Waals surface area contributed by atoms with Crippen molar-refractivity contribution in [3.05, 3.63) is 0 Å². The zero-order valence-corrected chi connectivity index (χ0v) is 12.0. The van der Waals surface area contributed by atoms with Gasteiger partial charge in [0.05, 0.1) is 17.6 Å². The van der Waals surface area contributed by atoms with Gasteiger partial charge in [-0.2, -0.15) is 0 Å². The lowest BCUT2D eigenvalue weighted by molar-refractivity contribution is -0.141. The molecule has 1 N–H and O–H groups in total. The Hall–Kier alpha value is -1.35. The molecule has 0 radical (unpaired) electrons. The van der Waals surface area contributed by atoms with E-state index in [1.54, 1.807) is 0 Å². The number of carbonyl (C=O) groups excluding carboxylic acids is 1. The number of sulfone groups is 1. The lowest BCUT2D eigenvalue weighted by Gasteiger charge is -2.32. The van der Waals surface area contributed by atoms with Crippen molar-refractivity contribution in [2.24, 2.45) is 0 Å². The zero-order chi connectivity index (χ0) is 14.9. The van der Waals surface area contributed by atoms with Crippen molar-refractivity contribution in [1.82, 2.24) is 9.80 Å². The van der Waals surface area contributed by atoms with Crippen LogP contribution in [-0.2, 0) is 19.4 Å². The molecule has 2 amide bonds. The second-order valence-electron chi connectivity index (χ2n) is 5.02. The number of hydrogen-bond acceptors (Lipinski definition) is 5. The molecule has 0 aromatic heterocycles. The maximum absolute atomic E-state index is 12.3. The van der Waals surface area contributed by atoms with Crippen LogP contribution in [0.4, 0.5) is 4.79 Å². The van der Waals surface area contributed by atoms with Crippen LogP contribution in [0.5, 0.6) is 0 Å². The van der Waals surface area contributed by atoms with Crippen LogP contribution in [0, 0.1) is 0 Å². The molecule has 8 nitrogen and oxygen atoms in total. The highest BCUT2D eigenvalue weighted by molar-refractivity contribution is 7.91. The number of methoxy groups -OCH3 is 1. The maximum Gasteiger partial charge on any atom is 0.326 e. The Bertz CT molecular complexity index is 491. The first-order valence-corrected chi connectivity index (χ1v) is 8.18. The maximum atomic E-state index is 12.3. The van der Waals surface area contributed by atoms with E-state index in [0.29, 0.717) is 0 Å². The van der Waals surface area contributed by atoms with Crippen LogP contribution in [0.25, 0.3) is 0 Å². The third-order valence-corrected chi connectivity index (χ3v) is 5.35. The largest absolute Gasteiger partial charge is 0.480 e. The topological polar surface area (TPSA) is 104 Å². The summed E-state index contributed by atoms with van der Waals surface area (Å²) in [5.41, 5.74) is 0. The molecule has 0 spiro atoms. The van der Waals surface area contributed by atoms with Crippen LogP contribution in [0.15, 0.2) is 0 Å². The van der Waals surface area contributed by atoms with Crippen LogP contribution >= 0.6 is 0 Å². The summed E-state index contributed by atoms with van der Waals surface area (Å²) in [4.78, 5) is 26.2. The molecule has 0 saturated carbocycles. The van der Waals surface area contributed by atoms with Gasteiger partial charge in [0.2, 0.25) is 0 Å². The van der Waals surface area contributed by atoms with Crippen LogP contribution in [0.1, 0.15) is 6.42 Å². The Balaban J connectivity index is 2.06. The second-order valence-corrected chi connectivity index (χ2v) is 7.32. The van der Waals surface area contributed by atoms with Crippen molar-refractivity contribution in [2.45, 2.75) is 18.6 Å². The van der Waals surface area contributed by atoms with Crippen LogP contribution in [0.3, 0.4) is 0 Å². The van der Waals surface area contributed by atoms with Gasteiger partial charge in [-0.15, -0.1) is 0 Å². The minimum atomic E-state index is -3.07. The number of rotatable bonds is 2. The molecule has 2 aliphatic heterocycles. The Labute approximate surface area is 117 Å². The first-order valence-electron chi connectivity index (χ1n) is 6.35. The fourth-order valence-electron chi connectivity index (χ4n) is 2.50. The average molecular weight is 306 g/mol. The van der Waals surface area contributed by atoms with E-state index in [4.69, 9.17) is 9.84 Å². The van der Waals surface area contributed by atoms with Crippen LogP contribution in [0.2, 0.25) is 0 Å². The smallest absolute Gasteiger partial charge is 0.326 e. The number of carboxylic acid groups (broad SMARTS) is 1. The van der Waals surface area contributed by atoms with Crippen molar-refractivity contribution in [2.75, 3.05) is 38.2 Å².